The molecule has 0 aromatic carbocycles. The first-order valence-electron chi connectivity index (χ1n) is 17.8. The second kappa shape index (κ2) is 20.8. The molecule has 2 rings (SSSR count). The number of nitrogens with one attached hydrogen (secondary N) is 2. The fourth-order valence-corrected chi connectivity index (χ4v) is 7.07. The van der Waals surface area contributed by atoms with Gasteiger partial charge >= 0.3 is 0 Å². The zero-order chi connectivity index (χ0) is 32.5. The van der Waals surface area contributed by atoms with Crippen LogP contribution in [-0.2, 0) is 14.4 Å². The zero-order valence-electron chi connectivity index (χ0n) is 28.8. The van der Waals surface area contributed by atoms with Crippen LogP contribution < -0.4 is 10.7 Å². The second-order valence-corrected chi connectivity index (χ2v) is 13.9. The third-order valence-corrected chi connectivity index (χ3v) is 9.24. The van der Waals surface area contributed by atoms with E-state index in [0.29, 0.717) is 38.1 Å². The van der Waals surface area contributed by atoms with Crippen LogP contribution in [0.2, 0.25) is 0 Å². The molecule has 2 fully saturated rings. The van der Waals surface area contributed by atoms with Crippen molar-refractivity contribution in [3.8, 4) is 11.8 Å². The molecule has 0 aromatic heterocycles. The van der Waals surface area contributed by atoms with Crippen LogP contribution in [-0.4, -0.2) is 71.1 Å². The van der Waals surface area contributed by atoms with Crippen molar-refractivity contribution >= 4 is 17.7 Å². The van der Waals surface area contributed by atoms with Crippen LogP contribution in [0.3, 0.4) is 0 Å². The summed E-state index contributed by atoms with van der Waals surface area (Å²) in [5.74, 6) is 6.50. The van der Waals surface area contributed by atoms with Gasteiger partial charge < -0.3 is 15.3 Å². The number of carbonyl (C=O) groups excluding carboxylic acids is 3. The molecule has 0 heterocycles. The number of aliphatic hydroxyl groups is 1. The molecule has 252 valence electrons. The third kappa shape index (κ3) is 13.5. The summed E-state index contributed by atoms with van der Waals surface area (Å²) in [5, 5.41) is 16.8. The van der Waals surface area contributed by atoms with E-state index in [1.807, 2.05) is 30.7 Å². The first-order chi connectivity index (χ1) is 21.1. The minimum absolute atomic E-state index is 0.00553. The van der Waals surface area contributed by atoms with Gasteiger partial charge in [0.25, 0.3) is 0 Å². The van der Waals surface area contributed by atoms with Gasteiger partial charge in [-0.05, 0) is 63.7 Å². The van der Waals surface area contributed by atoms with Crippen LogP contribution in [0, 0.1) is 41.4 Å². The lowest BCUT2D eigenvalue weighted by molar-refractivity contribution is -0.139. The molecule has 0 radical (unpaired) electrons. The molecule has 0 aliphatic heterocycles. The normalized spacial score (nSPS) is 22.2. The fourth-order valence-electron chi connectivity index (χ4n) is 7.07. The number of unbranched alkanes of at least 4 members (excludes halogenated alkanes) is 1. The highest BCUT2D eigenvalue weighted by Crippen LogP contribution is 2.35. The highest BCUT2D eigenvalue weighted by molar-refractivity contribution is 5.83. The summed E-state index contributed by atoms with van der Waals surface area (Å²) in [4.78, 5) is 42.2. The molecule has 0 bridgehead atoms. The Balaban J connectivity index is 2.22. The summed E-state index contributed by atoms with van der Waals surface area (Å²) in [6, 6.07) is -0.416. The maximum atomic E-state index is 14.0. The van der Waals surface area contributed by atoms with Crippen LogP contribution in [0.5, 0.6) is 0 Å². The molecule has 3 amide bonds. The molecule has 2 aliphatic carbocycles. The van der Waals surface area contributed by atoms with Gasteiger partial charge in [0.1, 0.15) is 0 Å². The minimum Gasteiger partial charge on any atom is -0.390 e. The van der Waals surface area contributed by atoms with Crippen molar-refractivity contribution in [2.45, 2.75) is 144 Å². The van der Waals surface area contributed by atoms with E-state index in [2.05, 4.69) is 43.4 Å². The Morgan fingerprint density at radius 3 is 2.16 bits per heavy atom. The zero-order valence-corrected chi connectivity index (χ0v) is 28.8. The molecule has 0 spiro atoms. The average Bonchev–Trinajstić information content (AvgIpc) is 2.99. The van der Waals surface area contributed by atoms with Crippen molar-refractivity contribution in [3.05, 3.63) is 0 Å². The summed E-state index contributed by atoms with van der Waals surface area (Å²) in [6.07, 6.45) is 11.7. The fraction of sp³-hybridized carbons (Fsp3) is 0.861. The van der Waals surface area contributed by atoms with Crippen molar-refractivity contribution in [1.29, 1.82) is 0 Å². The first kappa shape index (κ1) is 38.1. The van der Waals surface area contributed by atoms with E-state index in [1.54, 1.807) is 0 Å². The number of rotatable bonds is 18. The summed E-state index contributed by atoms with van der Waals surface area (Å²) >= 11 is 0. The molecule has 0 saturated heterocycles. The van der Waals surface area contributed by atoms with E-state index >= 15 is 0 Å². The summed E-state index contributed by atoms with van der Waals surface area (Å²) < 4.78 is 0. The minimum atomic E-state index is -0.825. The molecule has 8 heteroatoms. The predicted octanol–water partition coefficient (Wildman–Crippen LogP) is 5.69. The van der Waals surface area contributed by atoms with Gasteiger partial charge in [-0.15, -0.1) is 11.8 Å². The van der Waals surface area contributed by atoms with E-state index < -0.39 is 12.1 Å². The third-order valence-electron chi connectivity index (χ3n) is 9.24. The standard InChI is InChI=1S/C36H64N4O4/c1-7-11-20-40(38-34(42)21-27(5)6)26-33(41)32(24-28-16-13-12-14-17-28)37-35(43)30-22-29(15-8-2)23-31(25-30)36(44)39(18-9-3)19-10-4/h27-33,41H,7,9-14,16-26H2,1-6H3,(H,37,43)(H,38,42). The number of aliphatic hydroxyl groups excluding tert-OH is 1. The smallest absolute Gasteiger partial charge is 0.234 e. The highest BCUT2D eigenvalue weighted by atomic mass is 16.3. The Morgan fingerprint density at radius 1 is 0.909 bits per heavy atom. The molecule has 5 atom stereocenters. The lowest BCUT2D eigenvalue weighted by Gasteiger charge is -2.37. The van der Waals surface area contributed by atoms with Gasteiger partial charge in [0, 0.05) is 50.4 Å². The summed E-state index contributed by atoms with van der Waals surface area (Å²) in [6.45, 7) is 14.5. The van der Waals surface area contributed by atoms with Crippen molar-refractivity contribution in [3.63, 3.8) is 0 Å². The van der Waals surface area contributed by atoms with Gasteiger partial charge in [-0.3, -0.25) is 19.8 Å². The van der Waals surface area contributed by atoms with Crippen molar-refractivity contribution in [1.82, 2.24) is 20.7 Å². The van der Waals surface area contributed by atoms with Gasteiger partial charge in [0.2, 0.25) is 17.7 Å². The lowest BCUT2D eigenvalue weighted by Crippen LogP contribution is -2.54. The average molecular weight is 617 g/mol. The second-order valence-electron chi connectivity index (χ2n) is 13.9. The van der Waals surface area contributed by atoms with Crippen LogP contribution >= 0.6 is 0 Å². The number of amides is 3. The monoisotopic (exact) mass is 616 g/mol. The van der Waals surface area contributed by atoms with Crippen LogP contribution in [0.15, 0.2) is 0 Å². The number of hydrazine groups is 1. The lowest BCUT2D eigenvalue weighted by atomic mass is 9.74. The molecule has 5 unspecified atom stereocenters. The number of nitrogens with zero attached hydrogens (tertiary/aromatic N) is 2. The van der Waals surface area contributed by atoms with E-state index in [4.69, 9.17) is 0 Å². The molecule has 8 nitrogen and oxygen atoms in total. The molecule has 3 N–H and O–H groups in total. The number of hydrogen-bond acceptors (Lipinski definition) is 5. The van der Waals surface area contributed by atoms with E-state index in [9.17, 15) is 19.5 Å². The Hall–Kier alpha value is -2.11. The Kier molecular flexibility index (Phi) is 18.0. The van der Waals surface area contributed by atoms with Gasteiger partial charge in [-0.1, -0.05) is 73.1 Å². The largest absolute Gasteiger partial charge is 0.390 e. The van der Waals surface area contributed by atoms with Crippen LogP contribution in [0.4, 0.5) is 0 Å². The molecule has 2 aliphatic rings. The molecule has 2 saturated carbocycles. The number of carbonyl (C=O) groups is 3. The number of hydrogen-bond donors (Lipinski definition) is 3. The van der Waals surface area contributed by atoms with Crippen molar-refractivity contribution in [2.75, 3.05) is 26.2 Å². The van der Waals surface area contributed by atoms with Crippen LogP contribution in [0.25, 0.3) is 0 Å². The molecule has 0 aromatic rings. The van der Waals surface area contributed by atoms with E-state index in [-0.39, 0.29) is 47.9 Å². The Morgan fingerprint density at radius 2 is 1.57 bits per heavy atom. The molecule has 44 heavy (non-hydrogen) atoms. The quantitative estimate of drug-likeness (QED) is 0.136. The predicted molar refractivity (Wildman–Crippen MR) is 178 cm³/mol. The topological polar surface area (TPSA) is 102 Å². The Labute approximate surface area is 268 Å². The SMILES string of the molecule is CC#CC1CC(C(=O)NC(CC2CCCCC2)C(O)CN(CCCC)NC(=O)CC(C)C)CC(C(=O)N(CCC)CCC)C1. The summed E-state index contributed by atoms with van der Waals surface area (Å²) in [5.41, 5.74) is 3.02. The maximum absolute atomic E-state index is 14.0. The first-order valence-corrected chi connectivity index (χ1v) is 17.8. The molecular weight excluding hydrogens is 552 g/mol. The van der Waals surface area contributed by atoms with Gasteiger partial charge in [0.15, 0.2) is 0 Å². The van der Waals surface area contributed by atoms with Gasteiger partial charge in [-0.2, -0.15) is 0 Å². The van der Waals surface area contributed by atoms with Gasteiger partial charge in [0.05, 0.1) is 12.1 Å². The highest BCUT2D eigenvalue weighted by Gasteiger charge is 2.38. The van der Waals surface area contributed by atoms with E-state index in [1.165, 1.54) is 19.3 Å². The Bertz CT molecular complexity index is 917. The van der Waals surface area contributed by atoms with Crippen molar-refractivity contribution < 1.29 is 19.5 Å². The van der Waals surface area contributed by atoms with Gasteiger partial charge in [-0.25, -0.2) is 5.01 Å². The maximum Gasteiger partial charge on any atom is 0.234 e. The summed E-state index contributed by atoms with van der Waals surface area (Å²) in [7, 11) is 0. The van der Waals surface area contributed by atoms with E-state index in [0.717, 1.165) is 58.0 Å². The molecular formula is C36H64N4O4. The van der Waals surface area contributed by atoms with Crippen LogP contribution in [0.1, 0.15) is 131 Å². The van der Waals surface area contributed by atoms with Crippen molar-refractivity contribution in [2.24, 2.45) is 29.6 Å².